The molecule has 0 N–H and O–H groups in total. The van der Waals surface area contributed by atoms with E-state index in [-0.39, 0.29) is 11.7 Å². The fourth-order valence-corrected chi connectivity index (χ4v) is 2.99. The lowest BCUT2D eigenvalue weighted by atomic mass is 9.96. The molecule has 22 heavy (non-hydrogen) atoms. The Balaban J connectivity index is 1.39. The topological polar surface area (TPSA) is 38.8 Å². The van der Waals surface area contributed by atoms with Gasteiger partial charge in [0.15, 0.2) is 5.78 Å². The first-order valence-electron chi connectivity index (χ1n) is 7.52. The Bertz CT molecular complexity index is 688. The first-order chi connectivity index (χ1) is 10.8. The highest BCUT2D eigenvalue weighted by Crippen LogP contribution is 2.28. The van der Waals surface area contributed by atoms with Crippen LogP contribution in [0.3, 0.4) is 0 Å². The van der Waals surface area contributed by atoms with Gasteiger partial charge in [0.25, 0.3) is 0 Å². The van der Waals surface area contributed by atoms with E-state index in [1.165, 1.54) is 11.1 Å². The van der Waals surface area contributed by atoms with Crippen molar-refractivity contribution in [3.8, 4) is 5.75 Å². The third kappa shape index (κ3) is 2.40. The molecule has 2 aromatic rings. The fourth-order valence-electron chi connectivity index (χ4n) is 2.99. The van der Waals surface area contributed by atoms with Crippen LogP contribution in [0, 0.1) is 5.92 Å². The molecule has 0 spiro atoms. The number of nitrogens with zero attached hydrogens (tertiary/aromatic N) is 1. The molecule has 0 aliphatic carbocycles. The molecule has 112 valence electrons. The van der Waals surface area contributed by atoms with Gasteiger partial charge in [-0.1, -0.05) is 36.4 Å². The van der Waals surface area contributed by atoms with Crippen molar-refractivity contribution in [1.29, 1.82) is 0 Å². The molecule has 0 radical (unpaired) electrons. The van der Waals surface area contributed by atoms with Gasteiger partial charge in [0, 0.05) is 13.1 Å². The summed E-state index contributed by atoms with van der Waals surface area (Å²) < 4.78 is 5.66. The summed E-state index contributed by atoms with van der Waals surface area (Å²) in [6, 6.07) is 15.7. The van der Waals surface area contributed by atoms with Gasteiger partial charge in [-0.05, 0) is 23.3 Å². The maximum atomic E-state index is 12.5. The molecule has 2 aliphatic rings. The summed E-state index contributed by atoms with van der Waals surface area (Å²) in [5.41, 5.74) is 3.24. The second kappa shape index (κ2) is 5.55. The normalized spacial score (nSPS) is 20.4. The van der Waals surface area contributed by atoms with E-state index in [4.69, 9.17) is 9.57 Å². The maximum Gasteiger partial charge on any atom is 0.175 e. The first kappa shape index (κ1) is 13.5. The number of ether oxygens (including phenoxy) is 1. The number of hydroxylamine groups is 2. The van der Waals surface area contributed by atoms with Crippen molar-refractivity contribution in [3.63, 3.8) is 0 Å². The molecule has 0 amide bonds. The largest absolute Gasteiger partial charge is 0.492 e. The van der Waals surface area contributed by atoms with Gasteiger partial charge < -0.3 is 4.74 Å². The van der Waals surface area contributed by atoms with Gasteiger partial charge in [-0.25, -0.2) is 0 Å². The zero-order valence-electron chi connectivity index (χ0n) is 12.2. The van der Waals surface area contributed by atoms with Crippen molar-refractivity contribution in [2.45, 2.75) is 13.1 Å². The minimum absolute atomic E-state index is 0.110. The molecule has 2 aliphatic heterocycles. The van der Waals surface area contributed by atoms with Gasteiger partial charge in [0.05, 0.1) is 18.1 Å². The predicted octanol–water partition coefficient (Wildman–Crippen LogP) is 2.83. The lowest BCUT2D eigenvalue weighted by molar-refractivity contribution is -0.174. The summed E-state index contributed by atoms with van der Waals surface area (Å²) in [5, 5.41) is 1.92. The molecule has 0 aromatic heterocycles. The van der Waals surface area contributed by atoms with Gasteiger partial charge in [-0.3, -0.25) is 9.63 Å². The number of Topliss-reactive ketones (excluding diaryl/α,β-unsaturated/α-hetero) is 1. The minimum Gasteiger partial charge on any atom is -0.492 e. The standard InChI is InChI=1S/C18H17NO3/c20-18-15(11-21-17-8-4-3-7-16(17)18)12-22-19-9-13-5-1-2-6-14(13)10-19/h1-8,15H,9-12H2. The highest BCUT2D eigenvalue weighted by atomic mass is 16.7. The third-order valence-electron chi connectivity index (χ3n) is 4.23. The van der Waals surface area contributed by atoms with Gasteiger partial charge in [-0.2, -0.15) is 5.06 Å². The summed E-state index contributed by atoms with van der Waals surface area (Å²) in [4.78, 5) is 18.3. The van der Waals surface area contributed by atoms with Crippen LogP contribution in [-0.4, -0.2) is 24.1 Å². The molecule has 0 saturated heterocycles. The van der Waals surface area contributed by atoms with Crippen LogP contribution in [0.2, 0.25) is 0 Å². The quantitative estimate of drug-likeness (QED) is 0.873. The lowest BCUT2D eigenvalue weighted by Gasteiger charge is -2.25. The fraction of sp³-hybridized carbons (Fsp3) is 0.278. The molecule has 1 unspecified atom stereocenters. The van der Waals surface area contributed by atoms with E-state index in [1.54, 1.807) is 0 Å². The molecule has 1 atom stereocenters. The van der Waals surface area contributed by atoms with Crippen LogP contribution in [0.25, 0.3) is 0 Å². The number of ketones is 1. The second-order valence-corrected chi connectivity index (χ2v) is 5.73. The molecular weight excluding hydrogens is 278 g/mol. The van der Waals surface area contributed by atoms with Crippen molar-refractivity contribution in [1.82, 2.24) is 5.06 Å². The molecule has 0 fully saturated rings. The molecule has 4 rings (SSSR count). The molecule has 2 heterocycles. The van der Waals surface area contributed by atoms with Crippen molar-refractivity contribution in [3.05, 3.63) is 65.2 Å². The monoisotopic (exact) mass is 295 g/mol. The van der Waals surface area contributed by atoms with E-state index in [2.05, 4.69) is 12.1 Å². The summed E-state index contributed by atoms with van der Waals surface area (Å²) >= 11 is 0. The van der Waals surface area contributed by atoms with Crippen LogP contribution in [-0.2, 0) is 17.9 Å². The highest BCUT2D eigenvalue weighted by molar-refractivity contribution is 6.01. The Morgan fingerprint density at radius 2 is 1.73 bits per heavy atom. The maximum absolute atomic E-state index is 12.5. The van der Waals surface area contributed by atoms with Gasteiger partial charge in [0.1, 0.15) is 12.4 Å². The number of benzene rings is 2. The second-order valence-electron chi connectivity index (χ2n) is 5.73. The zero-order valence-corrected chi connectivity index (χ0v) is 12.2. The summed E-state index contributed by atoms with van der Waals surface area (Å²) in [6.07, 6.45) is 0. The third-order valence-corrected chi connectivity index (χ3v) is 4.23. The average Bonchev–Trinajstić information content (AvgIpc) is 2.97. The SMILES string of the molecule is O=C1c2ccccc2OCC1CON1Cc2ccccc2C1. The van der Waals surface area contributed by atoms with Crippen LogP contribution < -0.4 is 4.74 Å². The number of carbonyl (C=O) groups is 1. The smallest absolute Gasteiger partial charge is 0.175 e. The van der Waals surface area contributed by atoms with Crippen LogP contribution in [0.4, 0.5) is 0 Å². The van der Waals surface area contributed by atoms with Crippen LogP contribution in [0.5, 0.6) is 5.75 Å². The molecule has 0 bridgehead atoms. The van der Waals surface area contributed by atoms with Gasteiger partial charge in [0.2, 0.25) is 0 Å². The Hall–Kier alpha value is -2.17. The summed E-state index contributed by atoms with van der Waals surface area (Å²) in [7, 11) is 0. The van der Waals surface area contributed by atoms with E-state index in [0.29, 0.717) is 24.5 Å². The van der Waals surface area contributed by atoms with Crippen LogP contribution in [0.15, 0.2) is 48.5 Å². The first-order valence-corrected chi connectivity index (χ1v) is 7.52. The van der Waals surface area contributed by atoms with E-state index >= 15 is 0 Å². The number of fused-ring (bicyclic) bond motifs is 2. The van der Waals surface area contributed by atoms with Crippen molar-refractivity contribution in [2.24, 2.45) is 5.92 Å². The van der Waals surface area contributed by atoms with E-state index in [1.807, 2.05) is 41.5 Å². The molecule has 4 heteroatoms. The van der Waals surface area contributed by atoms with Gasteiger partial charge in [-0.15, -0.1) is 0 Å². The van der Waals surface area contributed by atoms with E-state index in [9.17, 15) is 4.79 Å². The number of carbonyl (C=O) groups excluding carboxylic acids is 1. The predicted molar refractivity (Wildman–Crippen MR) is 81.4 cm³/mol. The summed E-state index contributed by atoms with van der Waals surface area (Å²) in [5.74, 6) is 0.550. The molecule has 4 nitrogen and oxygen atoms in total. The Kier molecular flexibility index (Phi) is 3.41. The number of rotatable bonds is 3. The summed E-state index contributed by atoms with van der Waals surface area (Å²) in [6.45, 7) is 2.29. The molecule has 2 aromatic carbocycles. The number of hydrogen-bond acceptors (Lipinski definition) is 4. The van der Waals surface area contributed by atoms with Crippen molar-refractivity contribution >= 4 is 5.78 Å². The average molecular weight is 295 g/mol. The Labute approximate surface area is 129 Å². The number of para-hydroxylation sites is 1. The zero-order chi connectivity index (χ0) is 14.9. The van der Waals surface area contributed by atoms with Crippen LogP contribution >= 0.6 is 0 Å². The van der Waals surface area contributed by atoms with Crippen molar-refractivity contribution in [2.75, 3.05) is 13.2 Å². The molecular formula is C18H17NO3. The minimum atomic E-state index is -0.237. The Morgan fingerprint density at radius 1 is 1.05 bits per heavy atom. The van der Waals surface area contributed by atoms with E-state index < -0.39 is 0 Å². The van der Waals surface area contributed by atoms with Crippen LogP contribution in [0.1, 0.15) is 21.5 Å². The van der Waals surface area contributed by atoms with E-state index in [0.717, 1.165) is 13.1 Å². The number of hydrogen-bond donors (Lipinski definition) is 0. The lowest BCUT2D eigenvalue weighted by Crippen LogP contribution is -2.33. The van der Waals surface area contributed by atoms with Gasteiger partial charge >= 0.3 is 0 Å². The van der Waals surface area contributed by atoms with Crippen molar-refractivity contribution < 1.29 is 14.4 Å². The Morgan fingerprint density at radius 3 is 2.50 bits per heavy atom. The highest BCUT2D eigenvalue weighted by Gasteiger charge is 2.30. The molecule has 0 saturated carbocycles.